The van der Waals surface area contributed by atoms with Crippen molar-refractivity contribution in [2.75, 3.05) is 16.8 Å². The molecule has 1 aromatic heterocycles. The highest BCUT2D eigenvalue weighted by molar-refractivity contribution is 9.10. The fraction of sp³-hybridized carbons (Fsp3) is 0.273. The number of phenols is 1. The monoisotopic (exact) mass is 703 g/mol. The largest absolute Gasteiger partial charge is 0.508 e. The maximum atomic E-state index is 13.9. The third-order valence-corrected chi connectivity index (χ3v) is 12.7. The Morgan fingerprint density at radius 1 is 0.956 bits per heavy atom. The van der Waals surface area contributed by atoms with Gasteiger partial charge in [-0.15, -0.1) is 11.8 Å². The number of thiazole rings is 1. The first-order valence-electron chi connectivity index (χ1n) is 14.6. The molecule has 8 rings (SSSR count). The molecule has 3 N–H and O–H groups in total. The molecule has 3 fully saturated rings. The second kappa shape index (κ2) is 10.9. The summed E-state index contributed by atoms with van der Waals surface area (Å²) in [6, 6.07) is 21.1. The Hall–Kier alpha value is -3.87. The number of aromatic hydroxyl groups is 1. The van der Waals surface area contributed by atoms with Crippen LogP contribution in [0.4, 0.5) is 11.4 Å². The van der Waals surface area contributed by atoms with Crippen molar-refractivity contribution in [2.24, 2.45) is 29.6 Å². The van der Waals surface area contributed by atoms with Gasteiger partial charge in [-0.2, -0.15) is 0 Å². The zero-order valence-electron chi connectivity index (χ0n) is 23.5. The van der Waals surface area contributed by atoms with E-state index >= 15 is 0 Å². The molecule has 12 heteroatoms. The maximum Gasteiger partial charge on any atom is 0.305 e. The summed E-state index contributed by atoms with van der Waals surface area (Å²) in [7, 11) is 0. The fourth-order valence-corrected chi connectivity index (χ4v) is 11.0. The van der Waals surface area contributed by atoms with Crippen LogP contribution < -0.4 is 19.8 Å². The smallest absolute Gasteiger partial charge is 0.305 e. The van der Waals surface area contributed by atoms with Gasteiger partial charge in [0, 0.05) is 26.2 Å². The Morgan fingerprint density at radius 3 is 2.36 bits per heavy atom. The van der Waals surface area contributed by atoms with Gasteiger partial charge in [0.05, 0.1) is 22.5 Å². The number of imide groups is 1. The van der Waals surface area contributed by atoms with Gasteiger partial charge in [-0.3, -0.25) is 24.1 Å². The Labute approximate surface area is 274 Å². The van der Waals surface area contributed by atoms with Crippen LogP contribution in [-0.2, 0) is 14.4 Å². The lowest BCUT2D eigenvalue weighted by molar-refractivity contribution is -0.123. The van der Waals surface area contributed by atoms with Crippen LogP contribution in [0, 0.1) is 29.6 Å². The molecule has 7 atom stereocenters. The summed E-state index contributed by atoms with van der Waals surface area (Å²) >= 11 is 6.31. The number of aromatic amines is 1. The van der Waals surface area contributed by atoms with Crippen LogP contribution in [0.2, 0.25) is 0 Å². The van der Waals surface area contributed by atoms with Crippen molar-refractivity contribution in [3.63, 3.8) is 0 Å². The number of H-pyrrole nitrogens is 1. The minimum atomic E-state index is -0.373. The van der Waals surface area contributed by atoms with Crippen LogP contribution in [-0.4, -0.2) is 39.7 Å². The van der Waals surface area contributed by atoms with E-state index < -0.39 is 0 Å². The van der Waals surface area contributed by atoms with Crippen LogP contribution in [0.1, 0.15) is 22.8 Å². The van der Waals surface area contributed by atoms with Gasteiger partial charge in [0.2, 0.25) is 11.8 Å². The molecule has 4 aromatic rings. The maximum absolute atomic E-state index is 13.9. The Bertz CT molecular complexity index is 1890. The Balaban J connectivity index is 1.05. The number of phenolic OH excluding ortho intramolecular Hbond substituents is 1. The number of nitrogens with zero attached hydrogens (tertiary/aromatic N) is 1. The predicted octanol–water partition coefficient (Wildman–Crippen LogP) is 5.60. The normalized spacial score (nSPS) is 27.7. The number of halogens is 1. The van der Waals surface area contributed by atoms with Crippen molar-refractivity contribution in [3.05, 3.63) is 97.4 Å². The van der Waals surface area contributed by atoms with E-state index in [2.05, 4.69) is 26.2 Å². The van der Waals surface area contributed by atoms with Crippen LogP contribution in [0.15, 0.2) is 87.1 Å². The van der Waals surface area contributed by atoms with E-state index in [1.807, 2.05) is 36.4 Å². The second-order valence-corrected chi connectivity index (χ2v) is 15.0. The minimum absolute atomic E-state index is 0.0178. The van der Waals surface area contributed by atoms with Crippen LogP contribution in [0.25, 0.3) is 0 Å². The highest BCUT2D eigenvalue weighted by Gasteiger charge is 2.69. The molecule has 228 valence electrons. The molecule has 2 saturated carbocycles. The summed E-state index contributed by atoms with van der Waals surface area (Å²) in [6.07, 6.45) is 0.816. The number of carbonyl (C=O) groups is 3. The molecule has 0 radical (unpaired) electrons. The number of thioether (sulfide) groups is 1. The molecule has 45 heavy (non-hydrogen) atoms. The standard InChI is InChI=1S/C33H26BrN3O6S2/c34-16-3-7-18(8-4-16)37-31(40)26-21-13-22(27(26)32(37)41)28-25(21)24(29-30(44-28)36-33(42)45-29)15-1-11-20(12-2-15)43-14-23(39)35-17-5-9-19(38)10-6-17/h1-12,21-22,24-28,38H,13-14H2,(H,35,39)(H,36,42)/t21?,22?,24-,25?,26?,27?,28?/m1/s1. The van der Waals surface area contributed by atoms with Crippen molar-refractivity contribution in [2.45, 2.75) is 22.6 Å². The topological polar surface area (TPSA) is 129 Å². The fourth-order valence-electron chi connectivity index (χ4n) is 7.90. The lowest BCUT2D eigenvalue weighted by Gasteiger charge is -2.43. The molecular formula is C33H26BrN3O6S2. The summed E-state index contributed by atoms with van der Waals surface area (Å²) in [5.41, 5.74) is 2.16. The molecule has 1 saturated heterocycles. The molecule has 6 unspecified atom stereocenters. The van der Waals surface area contributed by atoms with E-state index in [0.717, 1.165) is 26.4 Å². The number of hydrogen-bond acceptors (Lipinski definition) is 8. The number of hydrogen-bond donors (Lipinski definition) is 3. The summed E-state index contributed by atoms with van der Waals surface area (Å²) in [5.74, 6) is -0.611. The number of rotatable bonds is 6. The number of carbonyl (C=O) groups excluding carboxylic acids is 3. The molecule has 2 aliphatic heterocycles. The van der Waals surface area contributed by atoms with E-state index in [4.69, 9.17) is 4.74 Å². The van der Waals surface area contributed by atoms with Crippen LogP contribution >= 0.6 is 39.0 Å². The average Bonchev–Trinajstić information content (AvgIpc) is 3.77. The molecule has 2 aliphatic carbocycles. The zero-order valence-corrected chi connectivity index (χ0v) is 26.7. The van der Waals surface area contributed by atoms with Gasteiger partial charge < -0.3 is 20.1 Å². The molecular weight excluding hydrogens is 678 g/mol. The molecule has 2 bridgehead atoms. The average molecular weight is 705 g/mol. The number of ether oxygens (including phenoxy) is 1. The Kier molecular flexibility index (Phi) is 6.92. The quantitative estimate of drug-likeness (QED) is 0.176. The minimum Gasteiger partial charge on any atom is -0.508 e. The Morgan fingerprint density at radius 2 is 1.64 bits per heavy atom. The number of benzene rings is 3. The number of aromatic nitrogens is 1. The molecule has 9 nitrogen and oxygen atoms in total. The third kappa shape index (κ3) is 4.72. The summed E-state index contributed by atoms with van der Waals surface area (Å²) < 4.78 is 6.63. The molecule has 3 amide bonds. The zero-order chi connectivity index (χ0) is 31.0. The highest BCUT2D eigenvalue weighted by atomic mass is 79.9. The first-order chi connectivity index (χ1) is 21.8. The van der Waals surface area contributed by atoms with Crippen molar-refractivity contribution in [1.29, 1.82) is 0 Å². The summed E-state index contributed by atoms with van der Waals surface area (Å²) in [6.45, 7) is -0.188. The first-order valence-corrected chi connectivity index (χ1v) is 17.1. The van der Waals surface area contributed by atoms with Gasteiger partial charge in [0.25, 0.3) is 5.91 Å². The molecule has 3 heterocycles. The van der Waals surface area contributed by atoms with E-state index in [1.165, 1.54) is 28.4 Å². The van der Waals surface area contributed by atoms with Gasteiger partial charge in [-0.05, 0) is 90.4 Å². The van der Waals surface area contributed by atoms with Gasteiger partial charge in [0.15, 0.2) is 6.61 Å². The summed E-state index contributed by atoms with van der Waals surface area (Å²) in [5, 5.41) is 13.1. The van der Waals surface area contributed by atoms with Crippen molar-refractivity contribution >= 4 is 68.1 Å². The first kappa shape index (κ1) is 28.6. The third-order valence-electron chi connectivity index (χ3n) is 9.57. The lowest BCUT2D eigenvalue weighted by Crippen LogP contribution is -2.42. The molecule has 4 aliphatic rings. The van der Waals surface area contributed by atoms with Gasteiger partial charge in [-0.25, -0.2) is 0 Å². The number of amides is 3. The summed E-state index contributed by atoms with van der Waals surface area (Å²) in [4.78, 5) is 57.9. The van der Waals surface area contributed by atoms with Gasteiger partial charge >= 0.3 is 4.87 Å². The van der Waals surface area contributed by atoms with E-state index in [9.17, 15) is 24.3 Å². The molecule has 3 aromatic carbocycles. The van der Waals surface area contributed by atoms with E-state index in [1.54, 1.807) is 36.0 Å². The number of fused-ring (bicyclic) bond motifs is 9. The highest BCUT2D eigenvalue weighted by Crippen LogP contribution is 2.68. The van der Waals surface area contributed by atoms with E-state index in [-0.39, 0.29) is 75.7 Å². The van der Waals surface area contributed by atoms with Crippen molar-refractivity contribution in [3.8, 4) is 11.5 Å². The van der Waals surface area contributed by atoms with Crippen LogP contribution in [0.5, 0.6) is 11.5 Å². The molecule has 0 spiro atoms. The SMILES string of the molecule is O=C(COc1ccc([C@H]2c3sc(=O)[nH]c3SC3C4CC(C5C(=O)N(c6ccc(Br)cc6)C(=O)C45)C32)cc1)Nc1ccc(O)cc1. The predicted molar refractivity (Wildman–Crippen MR) is 174 cm³/mol. The second-order valence-electron chi connectivity index (χ2n) is 11.9. The number of anilines is 2. The van der Waals surface area contributed by atoms with Gasteiger partial charge in [-0.1, -0.05) is 39.4 Å². The lowest BCUT2D eigenvalue weighted by atomic mass is 9.68. The van der Waals surface area contributed by atoms with Crippen molar-refractivity contribution < 1.29 is 24.2 Å². The number of nitrogens with one attached hydrogen (secondary N) is 2. The van der Waals surface area contributed by atoms with Gasteiger partial charge in [0.1, 0.15) is 11.5 Å². The van der Waals surface area contributed by atoms with Crippen molar-refractivity contribution in [1.82, 2.24) is 4.98 Å². The van der Waals surface area contributed by atoms with E-state index in [0.29, 0.717) is 17.1 Å². The van der Waals surface area contributed by atoms with Crippen LogP contribution in [0.3, 0.4) is 0 Å².